The normalized spacial score (nSPS) is 20.2. The van der Waals surface area contributed by atoms with Crippen LogP contribution in [0.3, 0.4) is 0 Å². The van der Waals surface area contributed by atoms with Gasteiger partial charge in [0.15, 0.2) is 0 Å². The Balaban J connectivity index is 2.59. The molecule has 126 valence electrons. The SMILES string of the molecule is CCS(=O)(=O)CCCC(NN)C(C)(C)N1CCCCCC1. The molecule has 6 heteroatoms. The van der Waals surface area contributed by atoms with Crippen LogP contribution in [0.2, 0.25) is 0 Å². The van der Waals surface area contributed by atoms with Crippen molar-refractivity contribution in [2.75, 3.05) is 24.6 Å². The zero-order chi connectivity index (χ0) is 15.9. The largest absolute Gasteiger partial charge is 0.297 e. The van der Waals surface area contributed by atoms with E-state index in [0.29, 0.717) is 6.42 Å². The molecule has 0 amide bonds. The van der Waals surface area contributed by atoms with Crippen molar-refractivity contribution >= 4 is 9.84 Å². The Morgan fingerprint density at radius 1 is 1.19 bits per heavy atom. The van der Waals surface area contributed by atoms with Crippen LogP contribution in [0, 0.1) is 0 Å². The highest BCUT2D eigenvalue weighted by molar-refractivity contribution is 7.91. The Kier molecular flexibility index (Phi) is 7.60. The Labute approximate surface area is 130 Å². The fourth-order valence-corrected chi connectivity index (χ4v) is 4.05. The molecule has 1 heterocycles. The van der Waals surface area contributed by atoms with Crippen molar-refractivity contribution in [1.29, 1.82) is 0 Å². The third-order valence-corrected chi connectivity index (χ3v) is 6.65. The van der Waals surface area contributed by atoms with Crippen LogP contribution >= 0.6 is 0 Å². The maximum absolute atomic E-state index is 11.6. The van der Waals surface area contributed by atoms with Crippen molar-refractivity contribution in [1.82, 2.24) is 10.3 Å². The van der Waals surface area contributed by atoms with Gasteiger partial charge in [0.2, 0.25) is 0 Å². The van der Waals surface area contributed by atoms with Crippen molar-refractivity contribution < 1.29 is 8.42 Å². The maximum atomic E-state index is 11.6. The van der Waals surface area contributed by atoms with E-state index >= 15 is 0 Å². The molecule has 0 aromatic heterocycles. The van der Waals surface area contributed by atoms with E-state index in [1.54, 1.807) is 6.92 Å². The molecular weight excluding hydrogens is 286 g/mol. The molecule has 1 unspecified atom stereocenters. The predicted octanol–water partition coefficient (Wildman–Crippen LogP) is 1.69. The first kappa shape index (κ1) is 18.9. The van der Waals surface area contributed by atoms with Crippen LogP contribution in [-0.2, 0) is 9.84 Å². The molecule has 1 atom stereocenters. The third-order valence-electron chi connectivity index (χ3n) is 4.86. The zero-order valence-electron chi connectivity index (χ0n) is 13.9. The lowest BCUT2D eigenvalue weighted by atomic mass is 9.89. The fourth-order valence-electron chi connectivity index (χ4n) is 3.16. The fraction of sp³-hybridized carbons (Fsp3) is 1.00. The van der Waals surface area contributed by atoms with Crippen molar-refractivity contribution in [3.63, 3.8) is 0 Å². The number of hydrogen-bond donors (Lipinski definition) is 2. The van der Waals surface area contributed by atoms with Crippen molar-refractivity contribution in [2.45, 2.75) is 70.9 Å². The second-order valence-corrected chi connectivity index (χ2v) is 9.13. The molecule has 0 spiro atoms. The van der Waals surface area contributed by atoms with Crippen LogP contribution in [0.4, 0.5) is 0 Å². The van der Waals surface area contributed by atoms with Gasteiger partial charge in [0.1, 0.15) is 9.84 Å². The summed E-state index contributed by atoms with van der Waals surface area (Å²) in [6.45, 7) is 8.36. The van der Waals surface area contributed by atoms with E-state index in [1.165, 1.54) is 25.7 Å². The number of nitrogens with two attached hydrogens (primary N) is 1. The lowest BCUT2D eigenvalue weighted by molar-refractivity contribution is 0.0798. The van der Waals surface area contributed by atoms with E-state index in [1.807, 2.05) is 0 Å². The highest BCUT2D eigenvalue weighted by Gasteiger charge is 2.34. The second kappa shape index (κ2) is 8.46. The van der Waals surface area contributed by atoms with Gasteiger partial charge < -0.3 is 0 Å². The summed E-state index contributed by atoms with van der Waals surface area (Å²) in [4.78, 5) is 2.51. The molecule has 1 saturated heterocycles. The number of sulfone groups is 1. The van der Waals surface area contributed by atoms with Gasteiger partial charge in [-0.3, -0.25) is 16.2 Å². The highest BCUT2D eigenvalue weighted by Crippen LogP contribution is 2.25. The summed E-state index contributed by atoms with van der Waals surface area (Å²) in [6.07, 6.45) is 6.56. The standard InChI is InChI=1S/C15H33N3O2S/c1-4-21(19,20)13-9-10-14(17-16)15(2,3)18-11-7-5-6-8-12-18/h14,17H,4-13,16H2,1-3H3. The quantitative estimate of drug-likeness (QED) is 0.526. The molecule has 0 aromatic rings. The predicted molar refractivity (Wildman–Crippen MR) is 88.8 cm³/mol. The second-order valence-electron chi connectivity index (χ2n) is 6.65. The molecule has 21 heavy (non-hydrogen) atoms. The Morgan fingerprint density at radius 3 is 2.24 bits per heavy atom. The van der Waals surface area contributed by atoms with E-state index in [9.17, 15) is 8.42 Å². The molecule has 0 saturated carbocycles. The molecule has 3 N–H and O–H groups in total. The summed E-state index contributed by atoms with van der Waals surface area (Å²) in [5.41, 5.74) is 2.88. The molecule has 0 radical (unpaired) electrons. The summed E-state index contributed by atoms with van der Waals surface area (Å²) >= 11 is 0. The van der Waals surface area contributed by atoms with Crippen LogP contribution in [0.15, 0.2) is 0 Å². The van der Waals surface area contributed by atoms with Gasteiger partial charge in [-0.05, 0) is 52.6 Å². The number of hydrazine groups is 1. The van der Waals surface area contributed by atoms with Crippen molar-refractivity contribution in [2.24, 2.45) is 5.84 Å². The summed E-state index contributed by atoms with van der Waals surface area (Å²) in [5, 5.41) is 0. The summed E-state index contributed by atoms with van der Waals surface area (Å²) in [7, 11) is -2.88. The van der Waals surface area contributed by atoms with Gasteiger partial charge >= 0.3 is 0 Å². The minimum absolute atomic E-state index is 0.0466. The average molecular weight is 320 g/mol. The van der Waals surface area contributed by atoms with E-state index in [0.717, 1.165) is 19.5 Å². The van der Waals surface area contributed by atoms with Gasteiger partial charge in [0.25, 0.3) is 0 Å². The number of nitrogens with zero attached hydrogens (tertiary/aromatic N) is 1. The molecule has 1 aliphatic heterocycles. The van der Waals surface area contributed by atoms with Crippen LogP contribution in [0.25, 0.3) is 0 Å². The molecule has 1 aliphatic rings. The van der Waals surface area contributed by atoms with Crippen molar-refractivity contribution in [3.05, 3.63) is 0 Å². The molecular formula is C15H33N3O2S. The number of hydrogen-bond acceptors (Lipinski definition) is 5. The molecule has 1 fully saturated rings. The number of nitrogens with one attached hydrogen (secondary N) is 1. The minimum Gasteiger partial charge on any atom is -0.297 e. The zero-order valence-corrected chi connectivity index (χ0v) is 14.7. The lowest BCUT2D eigenvalue weighted by Crippen LogP contribution is -2.59. The van der Waals surface area contributed by atoms with Gasteiger partial charge in [0, 0.05) is 17.3 Å². The lowest BCUT2D eigenvalue weighted by Gasteiger charge is -2.43. The Morgan fingerprint density at radius 2 is 1.76 bits per heavy atom. The Hall–Kier alpha value is -0.170. The molecule has 0 aromatic carbocycles. The molecule has 1 rings (SSSR count). The van der Waals surface area contributed by atoms with Gasteiger partial charge in [-0.15, -0.1) is 0 Å². The molecule has 0 bridgehead atoms. The van der Waals surface area contributed by atoms with Crippen LogP contribution in [-0.4, -0.2) is 49.5 Å². The van der Waals surface area contributed by atoms with Gasteiger partial charge in [0.05, 0.1) is 5.75 Å². The van der Waals surface area contributed by atoms with Crippen LogP contribution in [0.1, 0.15) is 59.3 Å². The summed E-state index contributed by atoms with van der Waals surface area (Å²) < 4.78 is 23.2. The molecule has 0 aliphatic carbocycles. The highest BCUT2D eigenvalue weighted by atomic mass is 32.2. The van der Waals surface area contributed by atoms with Gasteiger partial charge in [-0.1, -0.05) is 19.8 Å². The van der Waals surface area contributed by atoms with Gasteiger partial charge in [-0.2, -0.15) is 0 Å². The average Bonchev–Trinajstić information content (AvgIpc) is 2.72. The summed E-state index contributed by atoms with van der Waals surface area (Å²) in [5.74, 6) is 6.25. The van der Waals surface area contributed by atoms with Crippen molar-refractivity contribution in [3.8, 4) is 0 Å². The maximum Gasteiger partial charge on any atom is 0.150 e. The molecule has 5 nitrogen and oxygen atoms in total. The minimum atomic E-state index is -2.88. The topological polar surface area (TPSA) is 75.4 Å². The van der Waals surface area contributed by atoms with E-state index in [2.05, 4.69) is 24.2 Å². The smallest absolute Gasteiger partial charge is 0.150 e. The summed E-state index contributed by atoms with van der Waals surface area (Å²) in [6, 6.07) is 0.114. The number of rotatable bonds is 8. The third kappa shape index (κ3) is 5.85. The first-order valence-corrected chi connectivity index (χ1v) is 10.1. The van der Waals surface area contributed by atoms with E-state index < -0.39 is 9.84 Å². The van der Waals surface area contributed by atoms with Crippen LogP contribution < -0.4 is 11.3 Å². The van der Waals surface area contributed by atoms with Gasteiger partial charge in [-0.25, -0.2) is 8.42 Å². The monoisotopic (exact) mass is 319 g/mol. The first-order valence-electron chi connectivity index (χ1n) is 8.25. The number of likely N-dealkylation sites (tertiary alicyclic amines) is 1. The van der Waals surface area contributed by atoms with E-state index in [-0.39, 0.29) is 23.1 Å². The Bertz CT molecular complexity index is 388. The van der Waals surface area contributed by atoms with Crippen LogP contribution in [0.5, 0.6) is 0 Å². The first-order chi connectivity index (χ1) is 9.83. The van der Waals surface area contributed by atoms with E-state index in [4.69, 9.17) is 5.84 Å².